The summed E-state index contributed by atoms with van der Waals surface area (Å²) in [6.45, 7) is 24.8. The number of aliphatic hydroxyl groups excluding tert-OH is 5. The minimum absolute atomic E-state index is 0. The Morgan fingerprint density at radius 2 is 0.800 bits per heavy atom. The summed E-state index contributed by atoms with van der Waals surface area (Å²) in [5.41, 5.74) is 10.1. The summed E-state index contributed by atoms with van der Waals surface area (Å²) in [4.78, 5) is 119. The summed E-state index contributed by atoms with van der Waals surface area (Å²) in [5.74, 6) is 5.88. The second kappa shape index (κ2) is 46.7. The van der Waals surface area contributed by atoms with Gasteiger partial charge in [-0.1, -0.05) is 197 Å². The minimum atomic E-state index is -5.74. The molecule has 0 bridgehead atoms. The number of aromatic nitrogens is 6. The van der Waals surface area contributed by atoms with E-state index in [0.29, 0.717) is 34.5 Å². The Morgan fingerprint density at radius 3 is 1.10 bits per heavy atom. The number of hydrogen-bond acceptors (Lipinski definition) is 23. The van der Waals surface area contributed by atoms with Crippen molar-refractivity contribution in [2.45, 2.75) is 211 Å². The van der Waals surface area contributed by atoms with Crippen LogP contribution in [0.2, 0.25) is 33.2 Å². The Bertz CT molecular complexity index is 4790. The van der Waals surface area contributed by atoms with Gasteiger partial charge in [0.1, 0.15) is 48.1 Å². The van der Waals surface area contributed by atoms with E-state index in [2.05, 4.69) is 129 Å². The molecular formula is C73H102I2N6O27P3Si3V-. The van der Waals surface area contributed by atoms with Crippen molar-refractivity contribution in [3.8, 4) is 34.9 Å². The number of terminal acetylenes is 1. The molecule has 0 saturated carbocycles. The third-order valence-corrected chi connectivity index (χ3v) is 36.9. The van der Waals surface area contributed by atoms with Crippen molar-refractivity contribution in [3.05, 3.63) is 208 Å². The van der Waals surface area contributed by atoms with Gasteiger partial charge in [0.25, 0.3) is 41.6 Å². The maximum atomic E-state index is 12.7. The molecule has 42 heteroatoms. The molecule has 3 fully saturated rings. The maximum absolute atomic E-state index is 12.7. The van der Waals surface area contributed by atoms with Crippen LogP contribution in [-0.2, 0) is 92.7 Å². The van der Waals surface area contributed by atoms with Gasteiger partial charge >= 0.3 is 40.5 Å². The molecule has 11 atom stereocenters. The van der Waals surface area contributed by atoms with Gasteiger partial charge in [-0.05, 0) is 72.5 Å². The van der Waals surface area contributed by atoms with Crippen LogP contribution in [0.5, 0.6) is 0 Å². The van der Waals surface area contributed by atoms with Crippen molar-refractivity contribution in [2.24, 2.45) is 0 Å². The summed E-state index contributed by atoms with van der Waals surface area (Å²) < 4.78 is 85.5. The number of benzene rings is 3. The van der Waals surface area contributed by atoms with Gasteiger partial charge in [-0.2, -0.15) is 8.62 Å². The fourth-order valence-electron chi connectivity index (χ4n) is 12.5. The van der Waals surface area contributed by atoms with E-state index < -0.39 is 144 Å². The van der Waals surface area contributed by atoms with Crippen LogP contribution in [0.1, 0.15) is 149 Å². The smallest absolute Gasteiger partial charge is 0.400 e. The van der Waals surface area contributed by atoms with Gasteiger partial charge in [0.05, 0.1) is 61.5 Å². The van der Waals surface area contributed by atoms with Crippen LogP contribution in [0.15, 0.2) is 138 Å². The predicted molar refractivity (Wildman–Crippen MR) is 448 cm³/mol. The number of ether oxygens (including phenoxy) is 3. The largest absolute Gasteiger partial charge is 0.490 e. The molecule has 3 saturated heterocycles. The Balaban J connectivity index is 0.000000346. The maximum Gasteiger partial charge on any atom is 0.490 e. The standard InChI is InChI=1S/C24H35N2O15P3Si.C24H32N2O6Si.C15H22OSi.C9H11IN2O5.CH2I.V/c1-16(2)45(17(3)4,38-14-18-8-6-5-7-9-18)11-10-19-13-26(24(29)25-23(19)28)22-12-20(27)21(39-22)15-37-43(33,34)41-44(35,36)40-42(30,31)32;1-16(2)33(17(3)4,31-15-18-8-6-5-7-9-18)11-10-19-13-26(24(30)25-23(19)29)22-12-20(28)21(14-27)32-22;1-6-17(13(2)3,14(4)5)16-12-15-10-8-7-9-11-15;10-4-2-12(9(16)11-8(4)15)7-1-5(14)6(3-13)17-7;1-2;/h5-9,13,16-17,20-22,27H,12,14-15H2,1-4H3,(H,33,34)(H,35,36)(H,25,28,29)(H2,30,31,32);5-9,13,16-17,20-22,27-28H,12,14-15H2,1-4H3,(H,25,29,30);1,7-11,13-14H,12H2,2-5H3;2,5-7,13-14H,1,3H2,(H,11,15,16);1H2;/q;;;;-1;/t2*20-,21-,22-;;5-,6-,7-;;/m11.1../s1. The van der Waals surface area contributed by atoms with Crippen LogP contribution < -0.4 is 33.7 Å². The number of phosphoric acid groups is 3. The Hall–Kier alpha value is -4.95. The van der Waals surface area contributed by atoms with E-state index in [9.17, 15) is 72.7 Å². The molecule has 1 radical (unpaired) electrons. The molecule has 0 aliphatic carbocycles. The molecule has 2 unspecified atom stereocenters. The van der Waals surface area contributed by atoms with Gasteiger partial charge in [-0.3, -0.25) is 52.5 Å². The molecule has 6 heterocycles. The second-order valence-electron chi connectivity index (χ2n) is 28.4. The summed E-state index contributed by atoms with van der Waals surface area (Å²) in [7, 11) is -24.3. The summed E-state index contributed by atoms with van der Waals surface area (Å²) in [5, 5.41) is 48.3. The van der Waals surface area contributed by atoms with Crippen molar-refractivity contribution in [3.63, 3.8) is 0 Å². The van der Waals surface area contributed by atoms with E-state index in [1.54, 1.807) is 22.6 Å². The van der Waals surface area contributed by atoms with Crippen molar-refractivity contribution < 1.29 is 118 Å². The van der Waals surface area contributed by atoms with Crippen LogP contribution >= 0.6 is 68.6 Å². The topological polar surface area (TPSA) is 481 Å². The first-order valence-corrected chi connectivity index (χ1v) is 49.3. The number of aromatic amines is 3. The van der Waals surface area contributed by atoms with Gasteiger partial charge in [0.15, 0.2) is 0 Å². The van der Waals surface area contributed by atoms with Crippen molar-refractivity contribution >= 4 is 93.6 Å². The first kappa shape index (κ1) is 102. The van der Waals surface area contributed by atoms with Gasteiger partial charge in [-0.25, -0.2) is 28.1 Å². The predicted octanol–water partition coefficient (Wildman–Crippen LogP) is 8.59. The van der Waals surface area contributed by atoms with Crippen LogP contribution in [0.3, 0.4) is 0 Å². The van der Waals surface area contributed by atoms with Crippen LogP contribution in [0.25, 0.3) is 0 Å². The summed E-state index contributed by atoms with van der Waals surface area (Å²) >= 11 is 3.70. The number of nitrogens with zero attached hydrogens (tertiary/aromatic N) is 3. The first-order chi connectivity index (χ1) is 53.5. The first-order valence-electron chi connectivity index (χ1n) is 36.0. The summed E-state index contributed by atoms with van der Waals surface area (Å²) in [6, 6.07) is 29.7. The SMILES string of the molecule is C#C[Si](OCc1ccccc1)(C(C)C)C(C)C.CC(C)[Si](C#Cc1cn([C@H]2C[C@@H](O)[C@@H](CO)O2)c(=O)[nH]c1=O)(OCc1ccccc1)C(C)C.CC(C)[Si](C#Cc1cn([C@H]2C[C@@H](O)[C@@H](COP(=O)(O)OP(=O)(O)OP(=O)(O)O)O2)c(=O)[nH]c1=O)(OCc1ccccc1)C(C)C.O=c1[nH]c(=O)n([C@H]2C[C@@H](O)[C@@H](CO)O2)cc1I.[CH2-]I.[V]. The van der Waals surface area contributed by atoms with E-state index in [1.165, 1.54) is 27.1 Å². The second-order valence-corrected chi connectivity index (χ2v) is 47.3. The van der Waals surface area contributed by atoms with Gasteiger partial charge < -0.3 is 95.2 Å². The van der Waals surface area contributed by atoms with Crippen molar-refractivity contribution in [2.75, 3.05) is 19.8 Å². The third kappa shape index (κ3) is 29.4. The normalized spacial score (nSPS) is 20.5. The molecule has 633 valence electrons. The molecule has 3 aliphatic heterocycles. The van der Waals surface area contributed by atoms with Crippen LogP contribution in [-0.4, -0.2) is 155 Å². The van der Waals surface area contributed by atoms with Gasteiger partial charge in [0.2, 0.25) is 0 Å². The molecule has 3 aromatic heterocycles. The van der Waals surface area contributed by atoms with E-state index in [0.717, 1.165) is 21.9 Å². The monoisotopic (exact) mass is 1980 g/mol. The van der Waals surface area contributed by atoms with Gasteiger partial charge in [-0.15, -0.1) is 12.0 Å². The average molecular weight is 1980 g/mol. The number of nitrogens with one attached hydrogen (secondary N) is 3. The van der Waals surface area contributed by atoms with E-state index in [1.807, 2.05) is 129 Å². The quantitative estimate of drug-likeness (QED) is 0.00754. The van der Waals surface area contributed by atoms with Crippen LogP contribution in [0.4, 0.5) is 0 Å². The number of phosphoric ester groups is 1. The molecule has 12 N–H and O–H groups in total. The number of aliphatic hydroxyl groups is 5. The average Bonchev–Trinajstić information content (AvgIpc) is 1.38. The fraction of sp³-hybridized carbons (Fsp3) is 0.493. The zero-order valence-electron chi connectivity index (χ0n) is 65.5. The van der Waals surface area contributed by atoms with Crippen molar-refractivity contribution in [1.29, 1.82) is 0 Å². The zero-order valence-corrected chi connectivity index (χ0v) is 76.9. The Morgan fingerprint density at radius 1 is 0.496 bits per heavy atom. The van der Waals surface area contributed by atoms with Crippen LogP contribution in [0, 0.1) is 43.4 Å². The fourth-order valence-corrected chi connectivity index (χ4v) is 25.9. The van der Waals surface area contributed by atoms with E-state index >= 15 is 0 Å². The Kier molecular flexibility index (Phi) is 41.6. The Labute approximate surface area is 708 Å². The third-order valence-electron chi connectivity index (χ3n) is 18.7. The minimum Gasteiger partial charge on any atom is -0.400 e. The van der Waals surface area contributed by atoms with Gasteiger partial charge in [0, 0.05) is 56.4 Å². The molecule has 115 heavy (non-hydrogen) atoms. The molecule has 0 spiro atoms. The number of hydrogen-bond donors (Lipinski definition) is 12. The van der Waals surface area contributed by atoms with E-state index in [4.69, 9.17) is 48.8 Å². The van der Waals surface area contributed by atoms with E-state index in [-0.39, 0.29) is 84.3 Å². The number of halogens is 2. The zero-order chi connectivity index (χ0) is 85.4. The number of H-pyrrole nitrogens is 3. The van der Waals surface area contributed by atoms with Crippen molar-refractivity contribution in [1.82, 2.24) is 28.7 Å². The molecule has 33 nitrogen and oxygen atoms in total. The molecule has 3 aliphatic rings. The molecular weight excluding hydrogens is 1870 g/mol. The number of rotatable bonds is 27. The molecule has 3 aromatic carbocycles. The summed E-state index contributed by atoms with van der Waals surface area (Å²) in [6.07, 6.45) is 1.08. The molecule has 6 aromatic rings. The molecule has 0 amide bonds. The molecule has 9 rings (SSSR count).